The van der Waals surface area contributed by atoms with Crippen LogP contribution in [-0.4, -0.2) is 41.6 Å². The average Bonchev–Trinajstić information content (AvgIpc) is 2.70. The molecule has 0 aliphatic carbocycles. The third kappa shape index (κ3) is 8.77. The Labute approximate surface area is 176 Å². The molecule has 1 amide bonds. The summed E-state index contributed by atoms with van der Waals surface area (Å²) >= 11 is 0. The van der Waals surface area contributed by atoms with Gasteiger partial charge in [0.05, 0.1) is 0 Å². The summed E-state index contributed by atoms with van der Waals surface area (Å²) in [5.74, 6) is -1.30. The number of hydrogen-bond donors (Lipinski definition) is 0. The predicted octanol–water partition coefficient (Wildman–Crippen LogP) is 3.71. The van der Waals surface area contributed by atoms with Gasteiger partial charge in [-0.1, -0.05) is 60.7 Å². The number of carbonyl (C=O) groups excluding carboxylic acids is 3. The Kier molecular flexibility index (Phi) is 8.41. The molecule has 0 saturated heterocycles. The number of amides is 1. The number of nitrogens with zero attached hydrogens (tertiary/aromatic N) is 1. The van der Waals surface area contributed by atoms with Crippen molar-refractivity contribution in [2.75, 3.05) is 13.1 Å². The van der Waals surface area contributed by atoms with Gasteiger partial charge in [-0.15, -0.1) is 0 Å². The van der Waals surface area contributed by atoms with Gasteiger partial charge in [-0.2, -0.15) is 0 Å². The second-order valence-corrected chi connectivity index (χ2v) is 7.63. The van der Waals surface area contributed by atoms with Crippen LogP contribution in [0.3, 0.4) is 0 Å². The van der Waals surface area contributed by atoms with Crippen LogP contribution in [0.15, 0.2) is 60.7 Å². The van der Waals surface area contributed by atoms with Gasteiger partial charge in [0.2, 0.25) is 0 Å². The van der Waals surface area contributed by atoms with Crippen LogP contribution in [-0.2, 0) is 37.0 Å². The van der Waals surface area contributed by atoms with Gasteiger partial charge >= 0.3 is 18.0 Å². The molecule has 2 aromatic rings. The lowest BCUT2D eigenvalue weighted by Gasteiger charge is -2.26. The molecule has 0 unspecified atom stereocenters. The first-order valence-electron chi connectivity index (χ1n) is 9.60. The molecule has 7 heteroatoms. The van der Waals surface area contributed by atoms with Crippen LogP contribution < -0.4 is 0 Å². The van der Waals surface area contributed by atoms with Gasteiger partial charge < -0.3 is 14.2 Å². The summed E-state index contributed by atoms with van der Waals surface area (Å²) in [7, 11) is 0. The fourth-order valence-corrected chi connectivity index (χ4v) is 2.39. The number of hydrogen-bond acceptors (Lipinski definition) is 6. The molecule has 30 heavy (non-hydrogen) atoms. The summed E-state index contributed by atoms with van der Waals surface area (Å²) in [6.45, 7) is 4.38. The van der Waals surface area contributed by atoms with E-state index in [9.17, 15) is 14.4 Å². The summed E-state index contributed by atoms with van der Waals surface area (Å²) in [5, 5.41) is 0. The van der Waals surface area contributed by atoms with E-state index < -0.39 is 36.7 Å². The van der Waals surface area contributed by atoms with Crippen LogP contribution >= 0.6 is 0 Å². The van der Waals surface area contributed by atoms with Crippen molar-refractivity contribution in [1.29, 1.82) is 0 Å². The third-order valence-electron chi connectivity index (χ3n) is 3.78. The van der Waals surface area contributed by atoms with Crippen molar-refractivity contribution in [3.05, 3.63) is 71.8 Å². The summed E-state index contributed by atoms with van der Waals surface area (Å²) < 4.78 is 15.7. The first kappa shape index (κ1) is 22.9. The van der Waals surface area contributed by atoms with E-state index in [1.54, 1.807) is 20.8 Å². The molecule has 0 aliphatic heterocycles. The van der Waals surface area contributed by atoms with Crippen molar-refractivity contribution in [1.82, 2.24) is 4.90 Å². The molecular formula is C23H27NO6. The van der Waals surface area contributed by atoms with Crippen LogP contribution in [0.2, 0.25) is 0 Å². The number of ether oxygens (including phenoxy) is 3. The van der Waals surface area contributed by atoms with Crippen molar-refractivity contribution < 1.29 is 28.6 Å². The summed E-state index contributed by atoms with van der Waals surface area (Å²) in [6.07, 6.45) is -0.796. The van der Waals surface area contributed by atoms with Crippen molar-refractivity contribution in [2.24, 2.45) is 0 Å². The van der Waals surface area contributed by atoms with E-state index in [0.29, 0.717) is 0 Å². The monoisotopic (exact) mass is 413 g/mol. The molecule has 2 aromatic carbocycles. The minimum Gasteiger partial charge on any atom is -0.459 e. The fraction of sp³-hybridized carbons (Fsp3) is 0.348. The number of esters is 2. The van der Waals surface area contributed by atoms with E-state index >= 15 is 0 Å². The molecule has 0 fully saturated rings. The maximum absolute atomic E-state index is 12.5. The molecule has 0 spiro atoms. The maximum Gasteiger partial charge on any atom is 0.411 e. The molecule has 0 aliphatic rings. The van der Waals surface area contributed by atoms with Gasteiger partial charge in [0.15, 0.2) is 0 Å². The first-order chi connectivity index (χ1) is 14.2. The number of rotatable bonds is 8. The second-order valence-electron chi connectivity index (χ2n) is 7.63. The first-order valence-corrected chi connectivity index (χ1v) is 9.60. The lowest BCUT2D eigenvalue weighted by Crippen LogP contribution is -2.43. The van der Waals surface area contributed by atoms with Crippen LogP contribution in [0.1, 0.15) is 31.9 Å². The average molecular weight is 413 g/mol. The van der Waals surface area contributed by atoms with E-state index in [1.807, 2.05) is 60.7 Å². The Hall–Kier alpha value is -3.35. The largest absolute Gasteiger partial charge is 0.459 e. The zero-order valence-electron chi connectivity index (χ0n) is 17.5. The standard InChI is InChI=1S/C23H27NO6/c1-23(2,3)30-22(27)24(14-20(25)28-16-18-10-6-4-7-11-18)15-21(26)29-17-19-12-8-5-9-13-19/h4-13H,14-17H2,1-3H3. The Morgan fingerprint density at radius 3 is 1.50 bits per heavy atom. The Morgan fingerprint density at radius 1 is 0.733 bits per heavy atom. The Balaban J connectivity index is 1.94. The van der Waals surface area contributed by atoms with Crippen LogP contribution in [0.5, 0.6) is 0 Å². The minimum atomic E-state index is -0.796. The van der Waals surface area contributed by atoms with Crippen molar-refractivity contribution in [3.8, 4) is 0 Å². The highest BCUT2D eigenvalue weighted by Crippen LogP contribution is 2.11. The van der Waals surface area contributed by atoms with Gasteiger partial charge in [-0.25, -0.2) is 4.79 Å². The van der Waals surface area contributed by atoms with Gasteiger partial charge in [0, 0.05) is 0 Å². The van der Waals surface area contributed by atoms with Crippen LogP contribution in [0.25, 0.3) is 0 Å². The Morgan fingerprint density at radius 2 is 1.13 bits per heavy atom. The highest BCUT2D eigenvalue weighted by Gasteiger charge is 2.27. The molecule has 0 N–H and O–H groups in total. The molecule has 7 nitrogen and oxygen atoms in total. The van der Waals surface area contributed by atoms with Crippen LogP contribution in [0.4, 0.5) is 4.79 Å². The summed E-state index contributed by atoms with van der Waals surface area (Å²) in [6, 6.07) is 18.3. The zero-order chi connectivity index (χ0) is 22.0. The van der Waals surface area contributed by atoms with E-state index in [-0.39, 0.29) is 13.2 Å². The van der Waals surface area contributed by atoms with Crippen molar-refractivity contribution in [3.63, 3.8) is 0 Å². The SMILES string of the molecule is CC(C)(C)OC(=O)N(CC(=O)OCc1ccccc1)CC(=O)OCc1ccccc1. The lowest BCUT2D eigenvalue weighted by atomic mass is 10.2. The molecule has 0 radical (unpaired) electrons. The topological polar surface area (TPSA) is 82.1 Å². The van der Waals surface area contributed by atoms with E-state index in [1.165, 1.54) is 0 Å². The molecule has 0 aromatic heterocycles. The van der Waals surface area contributed by atoms with Gasteiger partial charge in [0.25, 0.3) is 0 Å². The lowest BCUT2D eigenvalue weighted by molar-refractivity contribution is -0.149. The van der Waals surface area contributed by atoms with Gasteiger partial charge in [0.1, 0.15) is 31.9 Å². The number of carbonyl (C=O) groups is 3. The third-order valence-corrected chi connectivity index (χ3v) is 3.78. The smallest absolute Gasteiger partial charge is 0.411 e. The molecule has 0 atom stereocenters. The molecular weight excluding hydrogens is 386 g/mol. The van der Waals surface area contributed by atoms with Gasteiger partial charge in [-0.05, 0) is 31.9 Å². The van der Waals surface area contributed by atoms with E-state index in [2.05, 4.69) is 0 Å². The van der Waals surface area contributed by atoms with Crippen molar-refractivity contribution >= 4 is 18.0 Å². The molecule has 0 heterocycles. The quantitative estimate of drug-likeness (QED) is 0.485. The molecule has 0 saturated carbocycles. The maximum atomic E-state index is 12.5. The predicted molar refractivity (Wildman–Crippen MR) is 110 cm³/mol. The zero-order valence-corrected chi connectivity index (χ0v) is 17.5. The second kappa shape index (κ2) is 11.0. The van der Waals surface area contributed by atoms with E-state index in [0.717, 1.165) is 16.0 Å². The Bertz CT molecular complexity index is 772. The number of benzene rings is 2. The molecule has 2 rings (SSSR count). The molecule has 0 bridgehead atoms. The summed E-state index contributed by atoms with van der Waals surface area (Å²) in [5.41, 5.74) is 0.853. The highest BCUT2D eigenvalue weighted by molar-refractivity contribution is 5.82. The fourth-order valence-electron chi connectivity index (χ4n) is 2.39. The van der Waals surface area contributed by atoms with Crippen LogP contribution in [0, 0.1) is 0 Å². The summed E-state index contributed by atoms with van der Waals surface area (Å²) in [4.78, 5) is 37.9. The normalized spacial score (nSPS) is 10.8. The van der Waals surface area contributed by atoms with E-state index in [4.69, 9.17) is 14.2 Å². The van der Waals surface area contributed by atoms with Gasteiger partial charge in [-0.3, -0.25) is 14.5 Å². The highest BCUT2D eigenvalue weighted by atomic mass is 16.6. The molecule has 160 valence electrons. The van der Waals surface area contributed by atoms with Crippen molar-refractivity contribution in [2.45, 2.75) is 39.6 Å². The minimum absolute atomic E-state index is 0.0697.